The van der Waals surface area contributed by atoms with E-state index in [1.165, 1.54) is 71.2 Å². The Labute approximate surface area is 338 Å². The Bertz CT molecular complexity index is 3270. The van der Waals surface area contributed by atoms with Gasteiger partial charge in [0.05, 0.1) is 22.4 Å². The van der Waals surface area contributed by atoms with E-state index in [2.05, 4.69) is 240 Å². The molecule has 272 valence electrons. The fourth-order valence-corrected chi connectivity index (χ4v) is 8.93. The highest BCUT2D eigenvalue weighted by atomic mass is 15.1. The Morgan fingerprint density at radius 3 is 1.59 bits per heavy atom. The number of aromatic nitrogens is 1. The molecule has 0 bridgehead atoms. The van der Waals surface area contributed by atoms with Crippen molar-refractivity contribution in [3.05, 3.63) is 231 Å². The largest absolute Gasteiger partial charge is 0.309 e. The zero-order chi connectivity index (χ0) is 38.4. The molecule has 0 unspecified atom stereocenters. The van der Waals surface area contributed by atoms with E-state index in [0.29, 0.717) is 0 Å². The van der Waals surface area contributed by atoms with Gasteiger partial charge in [0.15, 0.2) is 0 Å². The molecule has 11 aromatic rings. The summed E-state index contributed by atoms with van der Waals surface area (Å²) in [6.07, 6.45) is 0. The molecule has 0 aliphatic rings. The summed E-state index contributed by atoms with van der Waals surface area (Å²) in [6, 6.07) is 83.8. The monoisotopic (exact) mass is 738 g/mol. The van der Waals surface area contributed by atoms with Gasteiger partial charge in [-0.05, 0) is 86.4 Å². The van der Waals surface area contributed by atoms with E-state index in [4.69, 9.17) is 0 Å². The summed E-state index contributed by atoms with van der Waals surface area (Å²) in [4.78, 5) is 2.48. The molecule has 0 N–H and O–H groups in total. The maximum atomic E-state index is 2.48. The zero-order valence-electron chi connectivity index (χ0n) is 31.8. The lowest BCUT2D eigenvalue weighted by Gasteiger charge is -2.30. The molecule has 2 heteroatoms. The van der Waals surface area contributed by atoms with Crippen LogP contribution in [0.15, 0.2) is 231 Å². The average molecular weight is 739 g/mol. The van der Waals surface area contributed by atoms with Crippen LogP contribution in [0.4, 0.5) is 17.1 Å². The van der Waals surface area contributed by atoms with Gasteiger partial charge in [0.1, 0.15) is 0 Å². The third-order valence-corrected chi connectivity index (χ3v) is 11.6. The second-order valence-electron chi connectivity index (χ2n) is 14.9. The van der Waals surface area contributed by atoms with Crippen molar-refractivity contribution >= 4 is 60.4 Å². The van der Waals surface area contributed by atoms with Gasteiger partial charge >= 0.3 is 0 Å². The first-order valence-corrected chi connectivity index (χ1v) is 19.9. The van der Waals surface area contributed by atoms with Gasteiger partial charge in [-0.3, -0.25) is 0 Å². The van der Waals surface area contributed by atoms with Crippen molar-refractivity contribution in [3.63, 3.8) is 0 Å². The Morgan fingerprint density at radius 2 is 0.845 bits per heavy atom. The van der Waals surface area contributed by atoms with Gasteiger partial charge in [-0.25, -0.2) is 0 Å². The molecule has 0 fully saturated rings. The van der Waals surface area contributed by atoms with Crippen molar-refractivity contribution in [1.29, 1.82) is 0 Å². The standard InChI is InChI=1S/C56H38N2/c1-4-18-39(19-5-1)46-34-32-43(37-52(46)41-22-8-3-9-23-41)57-54-31-17-15-29-50(54)51-35-33-44(38-56(51)57)58(53-30-16-14-26-47(53)40-20-6-2-7-21-40)55-36-42-24-10-11-25-45(42)48-27-12-13-28-49(48)55/h1-38H. The Kier molecular flexibility index (Phi) is 8.19. The minimum atomic E-state index is 1.09. The molecule has 1 heterocycles. The minimum Gasteiger partial charge on any atom is -0.309 e. The van der Waals surface area contributed by atoms with E-state index < -0.39 is 0 Å². The van der Waals surface area contributed by atoms with Gasteiger partial charge in [0.25, 0.3) is 0 Å². The third-order valence-electron chi connectivity index (χ3n) is 11.6. The molecule has 11 rings (SSSR count). The predicted molar refractivity (Wildman–Crippen MR) is 247 cm³/mol. The lowest BCUT2D eigenvalue weighted by atomic mass is 9.94. The van der Waals surface area contributed by atoms with Crippen LogP contribution in [0.5, 0.6) is 0 Å². The van der Waals surface area contributed by atoms with Gasteiger partial charge in [0.2, 0.25) is 0 Å². The van der Waals surface area contributed by atoms with Crippen molar-refractivity contribution in [2.45, 2.75) is 0 Å². The molecule has 0 aliphatic carbocycles. The topological polar surface area (TPSA) is 8.17 Å². The van der Waals surface area contributed by atoms with E-state index >= 15 is 0 Å². The van der Waals surface area contributed by atoms with Crippen LogP contribution in [0.3, 0.4) is 0 Å². The third kappa shape index (κ3) is 5.66. The Hall–Kier alpha value is -7.68. The van der Waals surface area contributed by atoms with Crippen LogP contribution in [0.25, 0.3) is 82.4 Å². The van der Waals surface area contributed by atoms with E-state index in [0.717, 1.165) is 28.3 Å². The molecule has 0 atom stereocenters. The first kappa shape index (κ1) is 33.6. The van der Waals surface area contributed by atoms with Gasteiger partial charge < -0.3 is 9.47 Å². The maximum Gasteiger partial charge on any atom is 0.0561 e. The number of benzene rings is 10. The molecule has 2 nitrogen and oxygen atoms in total. The van der Waals surface area contributed by atoms with Gasteiger partial charge in [0, 0.05) is 33.1 Å². The minimum absolute atomic E-state index is 1.09. The highest BCUT2D eigenvalue weighted by Gasteiger charge is 2.23. The number of nitrogens with zero attached hydrogens (tertiary/aromatic N) is 2. The van der Waals surface area contributed by atoms with Crippen LogP contribution >= 0.6 is 0 Å². The molecular formula is C56H38N2. The summed E-state index contributed by atoms with van der Waals surface area (Å²) in [5, 5.41) is 7.34. The highest BCUT2D eigenvalue weighted by molar-refractivity contribution is 6.16. The number of hydrogen-bond acceptors (Lipinski definition) is 1. The summed E-state index contributed by atoms with van der Waals surface area (Å²) >= 11 is 0. The van der Waals surface area contributed by atoms with E-state index in [1.54, 1.807) is 0 Å². The maximum absolute atomic E-state index is 2.48. The van der Waals surface area contributed by atoms with Crippen molar-refractivity contribution in [1.82, 2.24) is 4.57 Å². The molecule has 58 heavy (non-hydrogen) atoms. The molecule has 0 saturated heterocycles. The molecular weight excluding hydrogens is 701 g/mol. The summed E-state index contributed by atoms with van der Waals surface area (Å²) in [5.41, 5.74) is 13.9. The SMILES string of the molecule is c1ccc(-c2ccc(-n3c4ccccc4c4ccc(N(c5ccccc5-c5ccccc5)c5cc6ccccc6c6ccccc56)cc43)cc2-c2ccccc2)cc1. The fourth-order valence-electron chi connectivity index (χ4n) is 8.93. The fraction of sp³-hybridized carbons (Fsp3) is 0. The molecule has 0 radical (unpaired) electrons. The second-order valence-corrected chi connectivity index (χ2v) is 14.9. The van der Waals surface area contributed by atoms with E-state index in [9.17, 15) is 0 Å². The Balaban J connectivity index is 1.20. The molecule has 10 aromatic carbocycles. The summed E-state index contributed by atoms with van der Waals surface area (Å²) in [6.45, 7) is 0. The number of fused-ring (bicyclic) bond motifs is 6. The van der Waals surface area contributed by atoms with Crippen molar-refractivity contribution < 1.29 is 0 Å². The summed E-state index contributed by atoms with van der Waals surface area (Å²) < 4.78 is 2.45. The van der Waals surface area contributed by atoms with Crippen LogP contribution in [0, 0.1) is 0 Å². The predicted octanol–water partition coefficient (Wildman–Crippen LogP) is 15.6. The lowest BCUT2D eigenvalue weighted by Crippen LogP contribution is -2.12. The smallest absolute Gasteiger partial charge is 0.0561 e. The van der Waals surface area contributed by atoms with Crippen molar-refractivity contribution in [2.24, 2.45) is 0 Å². The average Bonchev–Trinajstić information content (AvgIpc) is 3.63. The van der Waals surface area contributed by atoms with Gasteiger partial charge in [-0.2, -0.15) is 0 Å². The van der Waals surface area contributed by atoms with E-state index in [-0.39, 0.29) is 0 Å². The number of para-hydroxylation sites is 2. The zero-order valence-corrected chi connectivity index (χ0v) is 31.8. The quantitative estimate of drug-likeness (QED) is 0.148. The molecule has 0 saturated carbocycles. The molecule has 0 spiro atoms. The highest BCUT2D eigenvalue weighted by Crippen LogP contribution is 2.47. The van der Waals surface area contributed by atoms with Crippen LogP contribution in [-0.2, 0) is 0 Å². The molecule has 0 amide bonds. The van der Waals surface area contributed by atoms with Crippen molar-refractivity contribution in [3.8, 4) is 39.1 Å². The normalized spacial score (nSPS) is 11.4. The molecule has 1 aromatic heterocycles. The van der Waals surface area contributed by atoms with Crippen LogP contribution < -0.4 is 4.90 Å². The first-order chi connectivity index (χ1) is 28.8. The van der Waals surface area contributed by atoms with Crippen LogP contribution in [0.1, 0.15) is 0 Å². The number of hydrogen-bond donors (Lipinski definition) is 0. The van der Waals surface area contributed by atoms with Crippen LogP contribution in [-0.4, -0.2) is 4.57 Å². The number of anilines is 3. The molecule has 0 aliphatic heterocycles. The van der Waals surface area contributed by atoms with Crippen LogP contribution in [0.2, 0.25) is 0 Å². The lowest BCUT2D eigenvalue weighted by molar-refractivity contribution is 1.18. The van der Waals surface area contributed by atoms with E-state index in [1.807, 2.05) is 0 Å². The summed E-state index contributed by atoms with van der Waals surface area (Å²) in [5.74, 6) is 0. The summed E-state index contributed by atoms with van der Waals surface area (Å²) in [7, 11) is 0. The number of rotatable bonds is 7. The second kappa shape index (κ2) is 14.1. The Morgan fingerprint density at radius 1 is 0.293 bits per heavy atom. The van der Waals surface area contributed by atoms with Gasteiger partial charge in [-0.1, -0.05) is 188 Å². The van der Waals surface area contributed by atoms with Crippen molar-refractivity contribution in [2.75, 3.05) is 4.90 Å². The van der Waals surface area contributed by atoms with Gasteiger partial charge in [-0.15, -0.1) is 0 Å². The first-order valence-electron chi connectivity index (χ1n) is 19.9.